The van der Waals surface area contributed by atoms with E-state index in [0.717, 1.165) is 21.1 Å². The fourth-order valence-corrected chi connectivity index (χ4v) is 2.93. The van der Waals surface area contributed by atoms with Crippen LogP contribution < -0.4 is 5.32 Å². The molecule has 0 saturated heterocycles. The Hall–Kier alpha value is -0.190. The molecule has 0 spiro atoms. The first-order chi connectivity index (χ1) is 7.46. The number of anilines is 1. The van der Waals surface area contributed by atoms with Crippen LogP contribution >= 0.6 is 39.3 Å². The lowest BCUT2D eigenvalue weighted by atomic mass is 10.1. The van der Waals surface area contributed by atoms with E-state index in [1.54, 1.807) is 11.8 Å². The molecule has 1 heterocycles. The summed E-state index contributed by atoms with van der Waals surface area (Å²) in [5, 5.41) is 4.90. The topological polar surface area (TPSA) is 24.4 Å². The van der Waals surface area contributed by atoms with Crippen LogP contribution in [0.1, 0.15) is 13.8 Å². The fourth-order valence-electron chi connectivity index (χ4n) is 1.36. The Balaban J connectivity index is 2.19. The molecule has 1 aromatic carbocycles. The summed E-state index contributed by atoms with van der Waals surface area (Å²) < 4.78 is 1.00. The normalized spacial score (nSPS) is 18.4. The van der Waals surface area contributed by atoms with E-state index in [0.29, 0.717) is 5.02 Å². The summed E-state index contributed by atoms with van der Waals surface area (Å²) in [6.45, 7) is 4.24. The maximum absolute atomic E-state index is 6.10. The lowest BCUT2D eigenvalue weighted by molar-refractivity contribution is 0.605. The van der Waals surface area contributed by atoms with E-state index in [-0.39, 0.29) is 5.54 Å². The number of rotatable bonds is 1. The third-order valence-electron chi connectivity index (χ3n) is 2.14. The Labute approximate surface area is 113 Å². The Bertz CT molecular complexity index is 446. The second kappa shape index (κ2) is 4.59. The van der Waals surface area contributed by atoms with Crippen molar-refractivity contribution in [3.05, 3.63) is 27.7 Å². The van der Waals surface area contributed by atoms with E-state index in [9.17, 15) is 0 Å². The molecule has 2 rings (SSSR count). The molecule has 1 N–H and O–H groups in total. The number of nitrogens with zero attached hydrogens (tertiary/aromatic N) is 1. The first-order valence-corrected chi connectivity index (χ1v) is 7.07. The van der Waals surface area contributed by atoms with Gasteiger partial charge in [0.25, 0.3) is 0 Å². The molecule has 1 aliphatic heterocycles. The van der Waals surface area contributed by atoms with Crippen LogP contribution in [0.25, 0.3) is 0 Å². The van der Waals surface area contributed by atoms with Gasteiger partial charge < -0.3 is 5.32 Å². The number of nitrogens with one attached hydrogen (secondary N) is 1. The largest absolute Gasteiger partial charge is 0.334 e. The van der Waals surface area contributed by atoms with Crippen LogP contribution in [0.4, 0.5) is 5.69 Å². The number of benzene rings is 1. The Morgan fingerprint density at radius 2 is 2.25 bits per heavy atom. The Morgan fingerprint density at radius 1 is 1.50 bits per heavy atom. The Morgan fingerprint density at radius 3 is 2.88 bits per heavy atom. The van der Waals surface area contributed by atoms with Crippen LogP contribution in [-0.4, -0.2) is 16.5 Å². The van der Waals surface area contributed by atoms with Gasteiger partial charge in [0.1, 0.15) is 0 Å². The van der Waals surface area contributed by atoms with E-state index in [4.69, 9.17) is 11.6 Å². The molecule has 0 saturated carbocycles. The van der Waals surface area contributed by atoms with Crippen molar-refractivity contribution in [2.75, 3.05) is 11.1 Å². The van der Waals surface area contributed by atoms with Gasteiger partial charge in [0, 0.05) is 10.2 Å². The molecule has 0 amide bonds. The molecule has 1 aliphatic rings. The van der Waals surface area contributed by atoms with E-state index >= 15 is 0 Å². The lowest BCUT2D eigenvalue weighted by Crippen LogP contribution is -2.15. The SMILES string of the molecule is CC1(C)CSC(Nc2cc(Br)ccc2Cl)=N1. The molecule has 0 aromatic heterocycles. The average molecular weight is 320 g/mol. The molecule has 0 bridgehead atoms. The molecule has 5 heteroatoms. The molecule has 0 fully saturated rings. The predicted octanol–water partition coefficient (Wildman–Crippen LogP) is 4.40. The minimum absolute atomic E-state index is 0.0193. The smallest absolute Gasteiger partial charge is 0.161 e. The van der Waals surface area contributed by atoms with Gasteiger partial charge >= 0.3 is 0 Å². The van der Waals surface area contributed by atoms with Crippen LogP contribution in [0.5, 0.6) is 0 Å². The van der Waals surface area contributed by atoms with Crippen molar-refractivity contribution < 1.29 is 0 Å². The van der Waals surface area contributed by atoms with Crippen molar-refractivity contribution in [2.24, 2.45) is 4.99 Å². The zero-order chi connectivity index (χ0) is 11.8. The van der Waals surface area contributed by atoms with E-state index < -0.39 is 0 Å². The van der Waals surface area contributed by atoms with Crippen LogP contribution in [0.2, 0.25) is 5.02 Å². The zero-order valence-electron chi connectivity index (χ0n) is 9.05. The van der Waals surface area contributed by atoms with Gasteiger partial charge in [0.15, 0.2) is 5.17 Å². The second-order valence-corrected chi connectivity index (χ2v) is 6.55. The number of thioether (sulfide) groups is 1. The number of halogens is 2. The van der Waals surface area contributed by atoms with Crippen molar-refractivity contribution in [1.29, 1.82) is 0 Å². The summed E-state index contributed by atoms with van der Waals surface area (Å²) in [4.78, 5) is 4.58. The van der Waals surface area contributed by atoms with Gasteiger partial charge in [-0.2, -0.15) is 0 Å². The summed E-state index contributed by atoms with van der Waals surface area (Å²) in [5.74, 6) is 1.00. The van der Waals surface area contributed by atoms with Crippen molar-refractivity contribution in [3.8, 4) is 0 Å². The quantitative estimate of drug-likeness (QED) is 0.830. The second-order valence-electron chi connectivity index (χ2n) is 4.27. The van der Waals surface area contributed by atoms with Crippen molar-refractivity contribution >= 4 is 50.1 Å². The number of amidine groups is 1. The first-order valence-electron chi connectivity index (χ1n) is 4.91. The van der Waals surface area contributed by atoms with E-state index in [1.807, 2.05) is 18.2 Å². The highest BCUT2D eigenvalue weighted by atomic mass is 79.9. The monoisotopic (exact) mass is 318 g/mol. The van der Waals surface area contributed by atoms with Crippen LogP contribution in [0, 0.1) is 0 Å². The number of hydrogen-bond acceptors (Lipinski definition) is 3. The van der Waals surface area contributed by atoms with Gasteiger partial charge in [-0.1, -0.05) is 39.3 Å². The molecule has 16 heavy (non-hydrogen) atoms. The van der Waals surface area contributed by atoms with Gasteiger partial charge in [0.2, 0.25) is 0 Å². The number of hydrogen-bond donors (Lipinski definition) is 1. The minimum Gasteiger partial charge on any atom is -0.334 e. The highest BCUT2D eigenvalue weighted by Crippen LogP contribution is 2.31. The van der Waals surface area contributed by atoms with Gasteiger partial charge in [-0.05, 0) is 32.0 Å². The van der Waals surface area contributed by atoms with Gasteiger partial charge in [-0.25, -0.2) is 0 Å². The van der Waals surface area contributed by atoms with Crippen molar-refractivity contribution in [3.63, 3.8) is 0 Å². The third-order valence-corrected chi connectivity index (χ3v) is 4.28. The highest BCUT2D eigenvalue weighted by Gasteiger charge is 2.25. The van der Waals surface area contributed by atoms with E-state index in [1.165, 1.54) is 0 Å². The maximum atomic E-state index is 6.10. The predicted molar refractivity (Wildman–Crippen MR) is 76.7 cm³/mol. The molecule has 0 unspecified atom stereocenters. The van der Waals surface area contributed by atoms with Crippen LogP contribution in [-0.2, 0) is 0 Å². The molecule has 2 nitrogen and oxygen atoms in total. The van der Waals surface area contributed by atoms with Gasteiger partial charge in [-0.15, -0.1) is 0 Å². The molecule has 0 aliphatic carbocycles. The Kier molecular flexibility index (Phi) is 3.52. The first kappa shape index (κ1) is 12.3. The van der Waals surface area contributed by atoms with Gasteiger partial charge in [-0.3, -0.25) is 4.99 Å². The van der Waals surface area contributed by atoms with Crippen LogP contribution in [0.15, 0.2) is 27.7 Å². The minimum atomic E-state index is 0.0193. The molecular formula is C11H12BrClN2S. The molecule has 0 atom stereocenters. The fraction of sp³-hybridized carbons (Fsp3) is 0.364. The summed E-state index contributed by atoms with van der Waals surface area (Å²) in [6, 6.07) is 5.73. The van der Waals surface area contributed by atoms with Crippen LogP contribution in [0.3, 0.4) is 0 Å². The average Bonchev–Trinajstić information content (AvgIpc) is 2.52. The molecule has 1 aromatic rings. The van der Waals surface area contributed by atoms with Crippen molar-refractivity contribution in [2.45, 2.75) is 19.4 Å². The van der Waals surface area contributed by atoms with Crippen molar-refractivity contribution in [1.82, 2.24) is 0 Å². The maximum Gasteiger partial charge on any atom is 0.161 e. The summed E-state index contributed by atoms with van der Waals surface area (Å²) >= 11 is 11.2. The van der Waals surface area contributed by atoms with E-state index in [2.05, 4.69) is 40.1 Å². The molecule has 0 radical (unpaired) electrons. The third kappa shape index (κ3) is 2.93. The molecular weight excluding hydrogens is 308 g/mol. The number of aliphatic imine (C=N–C) groups is 1. The standard InChI is InChI=1S/C11H12BrClN2S/c1-11(2)6-16-10(15-11)14-9-5-7(12)3-4-8(9)13/h3-5H,6H2,1-2H3,(H,14,15). The van der Waals surface area contributed by atoms with Gasteiger partial charge in [0.05, 0.1) is 16.2 Å². The highest BCUT2D eigenvalue weighted by molar-refractivity contribution is 9.10. The zero-order valence-corrected chi connectivity index (χ0v) is 12.2. The summed E-state index contributed by atoms with van der Waals surface area (Å²) in [5.41, 5.74) is 0.908. The summed E-state index contributed by atoms with van der Waals surface area (Å²) in [6.07, 6.45) is 0. The lowest BCUT2D eigenvalue weighted by Gasteiger charge is -2.09. The summed E-state index contributed by atoms with van der Waals surface area (Å²) in [7, 11) is 0. The molecule has 86 valence electrons.